The number of benzene rings is 1. The molecule has 24 heavy (non-hydrogen) atoms. The monoisotopic (exact) mass is 350 g/mol. The van der Waals surface area contributed by atoms with Gasteiger partial charge in [0.1, 0.15) is 12.7 Å². The van der Waals surface area contributed by atoms with Crippen LogP contribution >= 0.6 is 11.3 Å². The number of carbonyl (C=O) groups is 2. The second-order valence-corrected chi connectivity index (χ2v) is 5.91. The van der Waals surface area contributed by atoms with Gasteiger partial charge in [0.2, 0.25) is 0 Å². The summed E-state index contributed by atoms with van der Waals surface area (Å²) in [4.78, 5) is 26.0. The van der Waals surface area contributed by atoms with E-state index in [2.05, 4.69) is 10.3 Å². The number of thiazole rings is 1. The fraction of sp³-hybridized carbons (Fsp3) is 0.312. The molecular formula is C16H18N2O5S. The lowest BCUT2D eigenvalue weighted by Gasteiger charge is -2.16. The van der Waals surface area contributed by atoms with E-state index >= 15 is 0 Å². The van der Waals surface area contributed by atoms with Crippen LogP contribution in [0.5, 0.6) is 0 Å². The molecule has 1 heterocycles. The number of nitrogens with one attached hydrogen (secondary N) is 1. The minimum atomic E-state index is -1.21. The molecule has 1 aromatic heterocycles. The van der Waals surface area contributed by atoms with Crippen LogP contribution in [0.3, 0.4) is 0 Å². The smallest absolute Gasteiger partial charge is 0.407 e. The summed E-state index contributed by atoms with van der Waals surface area (Å²) in [7, 11) is 0. The van der Waals surface area contributed by atoms with Gasteiger partial charge in [0.15, 0.2) is 11.3 Å². The molecule has 2 unspecified atom stereocenters. The van der Waals surface area contributed by atoms with Crippen LogP contribution in [-0.4, -0.2) is 40.2 Å². The Kier molecular flexibility index (Phi) is 6.86. The summed E-state index contributed by atoms with van der Waals surface area (Å²) in [6, 6.07) is 9.26. The van der Waals surface area contributed by atoms with E-state index < -0.39 is 18.3 Å². The first-order valence-electron chi connectivity index (χ1n) is 7.31. The van der Waals surface area contributed by atoms with E-state index in [1.807, 2.05) is 30.3 Å². The number of amides is 1. The molecule has 0 fully saturated rings. The molecule has 1 amide bonds. The summed E-state index contributed by atoms with van der Waals surface area (Å²) in [6.07, 6.45) is -2.22. The maximum atomic E-state index is 11.6. The topological polar surface area (TPSA) is 109 Å². The highest BCUT2D eigenvalue weighted by Crippen LogP contribution is 2.20. The minimum Gasteiger partial charge on any atom is -0.445 e. The first-order valence-corrected chi connectivity index (χ1v) is 8.19. The van der Waals surface area contributed by atoms with Crippen LogP contribution in [0.1, 0.15) is 33.6 Å². The van der Waals surface area contributed by atoms with E-state index in [1.165, 1.54) is 5.38 Å². The van der Waals surface area contributed by atoms with E-state index in [1.54, 1.807) is 0 Å². The zero-order valence-electron chi connectivity index (χ0n) is 12.8. The predicted octanol–water partition coefficient (Wildman–Crippen LogP) is 1.67. The molecule has 2 rings (SSSR count). The number of nitrogens with zero attached hydrogens (tertiary/aromatic N) is 1. The van der Waals surface area contributed by atoms with Crippen molar-refractivity contribution in [1.82, 2.24) is 10.3 Å². The van der Waals surface area contributed by atoms with Crippen molar-refractivity contribution in [2.75, 3.05) is 6.54 Å². The van der Waals surface area contributed by atoms with Crippen LogP contribution in [0.4, 0.5) is 4.79 Å². The largest absolute Gasteiger partial charge is 0.445 e. The molecule has 2 aromatic rings. The van der Waals surface area contributed by atoms with Gasteiger partial charge in [0.25, 0.3) is 0 Å². The van der Waals surface area contributed by atoms with Crippen molar-refractivity contribution in [3.63, 3.8) is 0 Å². The first kappa shape index (κ1) is 18.1. The number of aliphatic hydroxyl groups is 2. The summed E-state index contributed by atoms with van der Waals surface area (Å²) in [6.45, 7) is 0.293. The highest BCUT2D eigenvalue weighted by atomic mass is 32.1. The van der Waals surface area contributed by atoms with E-state index in [-0.39, 0.29) is 30.3 Å². The van der Waals surface area contributed by atoms with E-state index in [0.717, 1.165) is 16.9 Å². The molecule has 0 bridgehead atoms. The normalized spacial score (nSPS) is 13.1. The highest BCUT2D eigenvalue weighted by Gasteiger charge is 2.21. The molecular weight excluding hydrogens is 332 g/mol. The molecule has 3 N–H and O–H groups in total. The lowest BCUT2D eigenvalue weighted by molar-refractivity contribution is 0.0114. The Labute approximate surface area is 142 Å². The molecule has 0 spiro atoms. The maximum Gasteiger partial charge on any atom is 0.407 e. The third-order valence-corrected chi connectivity index (χ3v) is 4.02. The van der Waals surface area contributed by atoms with Gasteiger partial charge in [-0.3, -0.25) is 4.79 Å². The fourth-order valence-corrected chi connectivity index (χ4v) is 2.59. The Morgan fingerprint density at radius 1 is 1.33 bits per heavy atom. The first-order chi connectivity index (χ1) is 11.6. The van der Waals surface area contributed by atoms with Crippen molar-refractivity contribution in [3.8, 4) is 0 Å². The summed E-state index contributed by atoms with van der Waals surface area (Å²) in [5.41, 5.74) is 1.11. The number of aldehydes is 1. The van der Waals surface area contributed by atoms with Crippen LogP contribution in [0.25, 0.3) is 0 Å². The zero-order chi connectivity index (χ0) is 17.4. The molecule has 8 heteroatoms. The quantitative estimate of drug-likeness (QED) is 0.625. The van der Waals surface area contributed by atoms with Crippen molar-refractivity contribution in [2.24, 2.45) is 0 Å². The van der Waals surface area contributed by atoms with Crippen LogP contribution in [-0.2, 0) is 11.3 Å². The minimum absolute atomic E-state index is 0.121. The van der Waals surface area contributed by atoms with Crippen molar-refractivity contribution < 1.29 is 24.5 Å². The number of hydrogen-bond donors (Lipinski definition) is 3. The molecule has 0 radical (unpaired) electrons. The fourth-order valence-electron chi connectivity index (χ4n) is 1.94. The molecule has 0 saturated heterocycles. The predicted molar refractivity (Wildman–Crippen MR) is 87.7 cm³/mol. The zero-order valence-corrected chi connectivity index (χ0v) is 13.6. The van der Waals surface area contributed by atoms with Crippen molar-refractivity contribution in [1.29, 1.82) is 0 Å². The molecule has 0 aliphatic rings. The van der Waals surface area contributed by atoms with Crippen LogP contribution in [0.15, 0.2) is 35.7 Å². The van der Waals surface area contributed by atoms with Crippen molar-refractivity contribution in [2.45, 2.75) is 25.2 Å². The number of alkyl carbamates (subject to hydrolysis) is 1. The van der Waals surface area contributed by atoms with Crippen molar-refractivity contribution >= 4 is 23.7 Å². The summed E-state index contributed by atoms with van der Waals surface area (Å²) < 4.78 is 5.03. The number of aromatic nitrogens is 1. The van der Waals surface area contributed by atoms with Crippen LogP contribution in [0.2, 0.25) is 0 Å². The van der Waals surface area contributed by atoms with Gasteiger partial charge in [-0.2, -0.15) is 0 Å². The van der Waals surface area contributed by atoms with Gasteiger partial charge in [0.05, 0.1) is 11.8 Å². The van der Waals surface area contributed by atoms with Gasteiger partial charge in [-0.25, -0.2) is 9.78 Å². The molecule has 0 saturated carbocycles. The number of aliphatic hydroxyl groups excluding tert-OH is 2. The Hall–Kier alpha value is -2.29. The van der Waals surface area contributed by atoms with E-state index in [4.69, 9.17) is 4.74 Å². The molecule has 0 aliphatic heterocycles. The second kappa shape index (κ2) is 9.11. The van der Waals surface area contributed by atoms with E-state index in [0.29, 0.717) is 6.29 Å². The van der Waals surface area contributed by atoms with Gasteiger partial charge in [-0.15, -0.1) is 11.3 Å². The SMILES string of the molecule is O=Cc1nc(C(O)C(O)CCNC(=O)OCc2ccccc2)cs1. The Morgan fingerprint density at radius 2 is 2.08 bits per heavy atom. The van der Waals surface area contributed by atoms with Gasteiger partial charge >= 0.3 is 6.09 Å². The van der Waals surface area contributed by atoms with Gasteiger partial charge < -0.3 is 20.3 Å². The van der Waals surface area contributed by atoms with Gasteiger partial charge in [-0.1, -0.05) is 30.3 Å². The number of ether oxygens (including phenoxy) is 1. The van der Waals surface area contributed by atoms with E-state index in [9.17, 15) is 19.8 Å². The number of rotatable bonds is 8. The highest BCUT2D eigenvalue weighted by molar-refractivity contribution is 7.11. The molecule has 128 valence electrons. The van der Waals surface area contributed by atoms with Gasteiger partial charge in [0, 0.05) is 11.9 Å². The number of hydrogen-bond acceptors (Lipinski definition) is 7. The summed E-state index contributed by atoms with van der Waals surface area (Å²) in [5.74, 6) is 0. The molecule has 2 atom stereocenters. The van der Waals surface area contributed by atoms with Crippen LogP contribution < -0.4 is 5.32 Å². The number of carbonyl (C=O) groups excluding carboxylic acids is 2. The second-order valence-electron chi connectivity index (χ2n) is 5.02. The Bertz CT molecular complexity index is 661. The average Bonchev–Trinajstić information content (AvgIpc) is 3.09. The van der Waals surface area contributed by atoms with Crippen molar-refractivity contribution in [3.05, 3.63) is 52.0 Å². The molecule has 7 nitrogen and oxygen atoms in total. The van der Waals surface area contributed by atoms with Crippen LogP contribution in [0, 0.1) is 0 Å². The lowest BCUT2D eigenvalue weighted by Crippen LogP contribution is -2.29. The summed E-state index contributed by atoms with van der Waals surface area (Å²) in [5, 5.41) is 24.1. The average molecular weight is 350 g/mol. The molecule has 0 aliphatic carbocycles. The standard InChI is InChI=1S/C16H18N2O5S/c19-8-14-18-12(10-24-14)15(21)13(20)6-7-17-16(22)23-9-11-4-2-1-3-5-11/h1-5,8,10,13,15,20-21H,6-7,9H2,(H,17,22). The molecule has 1 aromatic carbocycles. The Morgan fingerprint density at radius 3 is 2.75 bits per heavy atom. The maximum absolute atomic E-state index is 11.6. The lowest BCUT2D eigenvalue weighted by atomic mass is 10.1. The van der Waals surface area contributed by atoms with Gasteiger partial charge in [-0.05, 0) is 12.0 Å². The summed E-state index contributed by atoms with van der Waals surface area (Å²) >= 11 is 1.09. The Balaban J connectivity index is 1.68. The third-order valence-electron chi connectivity index (χ3n) is 3.23. The third kappa shape index (κ3) is 5.41.